The predicted molar refractivity (Wildman–Crippen MR) is 114 cm³/mol. The molecule has 1 aromatic carbocycles. The number of thiol groups is 1. The van der Waals surface area contributed by atoms with E-state index in [0.29, 0.717) is 37.3 Å². The molecule has 0 radical (unpaired) electrons. The molecule has 1 N–H and O–H groups in total. The second-order valence-electron chi connectivity index (χ2n) is 7.89. The van der Waals surface area contributed by atoms with Crippen molar-refractivity contribution in [3.05, 3.63) is 46.2 Å². The van der Waals surface area contributed by atoms with Crippen molar-refractivity contribution in [1.29, 1.82) is 5.26 Å². The number of hydrogen-bond acceptors (Lipinski definition) is 6. The number of pyridine rings is 1. The summed E-state index contributed by atoms with van der Waals surface area (Å²) < 4.78 is 5.44. The number of nitrogens with one attached hydrogen (secondary N) is 1. The van der Waals surface area contributed by atoms with Gasteiger partial charge in [-0.25, -0.2) is 4.79 Å². The van der Waals surface area contributed by atoms with Gasteiger partial charge in [-0.05, 0) is 38.5 Å². The molecule has 2 heterocycles. The van der Waals surface area contributed by atoms with Crippen LogP contribution < -0.4 is 10.5 Å². The average Bonchev–Trinajstić information content (AvgIpc) is 2.66. The molecule has 2 aromatic rings. The number of nitriles is 1. The van der Waals surface area contributed by atoms with E-state index in [4.69, 9.17) is 4.74 Å². The summed E-state index contributed by atoms with van der Waals surface area (Å²) in [5, 5.41) is 9.71. The molecule has 0 saturated carbocycles. The molecule has 0 atom stereocenters. The number of nitrogens with zero attached hydrogens (tertiary/aromatic N) is 3. The van der Waals surface area contributed by atoms with Crippen molar-refractivity contribution in [1.82, 2.24) is 9.88 Å². The maximum Gasteiger partial charge on any atom is 0.410 e. The molecule has 152 valence electrons. The topological polar surface area (TPSA) is 89.4 Å². The van der Waals surface area contributed by atoms with Crippen LogP contribution in [0.2, 0.25) is 0 Å². The van der Waals surface area contributed by atoms with Crippen molar-refractivity contribution in [3.8, 4) is 17.2 Å². The first-order valence-electron chi connectivity index (χ1n) is 9.37. The summed E-state index contributed by atoms with van der Waals surface area (Å²) in [5.41, 5.74) is 1.81. The number of hydrogen-bond donors (Lipinski definition) is 2. The number of aromatic nitrogens is 1. The van der Waals surface area contributed by atoms with E-state index in [9.17, 15) is 14.9 Å². The van der Waals surface area contributed by atoms with Gasteiger partial charge in [0.05, 0.1) is 10.6 Å². The van der Waals surface area contributed by atoms with Crippen molar-refractivity contribution < 1.29 is 9.53 Å². The van der Waals surface area contributed by atoms with Gasteiger partial charge in [0.2, 0.25) is 5.56 Å². The summed E-state index contributed by atoms with van der Waals surface area (Å²) in [7, 11) is 0. The molecule has 1 aromatic heterocycles. The van der Waals surface area contributed by atoms with Gasteiger partial charge in [-0.1, -0.05) is 12.1 Å². The van der Waals surface area contributed by atoms with E-state index in [-0.39, 0.29) is 16.7 Å². The molecule has 1 saturated heterocycles. The molecule has 1 fully saturated rings. The lowest BCUT2D eigenvalue weighted by molar-refractivity contribution is 0.0240. The van der Waals surface area contributed by atoms with E-state index in [1.54, 1.807) is 4.90 Å². The van der Waals surface area contributed by atoms with Crippen LogP contribution in [0.3, 0.4) is 0 Å². The maximum atomic E-state index is 12.2. The summed E-state index contributed by atoms with van der Waals surface area (Å²) in [6, 6.07) is 11.2. The van der Waals surface area contributed by atoms with Crippen LogP contribution in [0, 0.1) is 11.3 Å². The number of benzene rings is 1. The first-order valence-corrected chi connectivity index (χ1v) is 9.82. The molecule has 0 aliphatic carbocycles. The molecule has 0 unspecified atom stereocenters. The fraction of sp³-hybridized carbons (Fsp3) is 0.381. The second-order valence-corrected chi connectivity index (χ2v) is 8.33. The molecular weight excluding hydrogens is 388 g/mol. The summed E-state index contributed by atoms with van der Waals surface area (Å²) >= 11 is 4.22. The third-order valence-electron chi connectivity index (χ3n) is 4.59. The van der Waals surface area contributed by atoms with Gasteiger partial charge in [0.1, 0.15) is 11.7 Å². The fourth-order valence-corrected chi connectivity index (χ4v) is 3.51. The molecule has 7 nitrogen and oxygen atoms in total. The predicted octanol–water partition coefficient (Wildman–Crippen LogP) is 3.26. The van der Waals surface area contributed by atoms with E-state index in [1.807, 2.05) is 45.0 Å². The Morgan fingerprint density at radius 1 is 1.21 bits per heavy atom. The molecule has 1 aliphatic rings. The number of amides is 1. The normalized spacial score (nSPS) is 14.4. The van der Waals surface area contributed by atoms with Gasteiger partial charge in [0.15, 0.2) is 0 Å². The van der Waals surface area contributed by atoms with Gasteiger partial charge >= 0.3 is 6.09 Å². The number of rotatable bonds is 2. The largest absolute Gasteiger partial charge is 0.444 e. The Hall–Kier alpha value is -2.92. The molecule has 0 spiro atoms. The van der Waals surface area contributed by atoms with Crippen LogP contribution in [0.5, 0.6) is 0 Å². The Labute approximate surface area is 175 Å². The average molecular weight is 413 g/mol. The zero-order valence-corrected chi connectivity index (χ0v) is 17.6. The quantitative estimate of drug-likeness (QED) is 0.739. The van der Waals surface area contributed by atoms with Crippen molar-refractivity contribution in [2.75, 3.05) is 31.1 Å². The zero-order valence-electron chi connectivity index (χ0n) is 16.7. The van der Waals surface area contributed by atoms with Gasteiger partial charge in [-0.2, -0.15) is 5.26 Å². The second kappa shape index (κ2) is 8.21. The highest BCUT2D eigenvalue weighted by Crippen LogP contribution is 2.29. The number of anilines is 1. The summed E-state index contributed by atoms with van der Waals surface area (Å²) in [4.78, 5) is 30.5. The van der Waals surface area contributed by atoms with E-state index < -0.39 is 5.60 Å². The first kappa shape index (κ1) is 20.8. The van der Waals surface area contributed by atoms with Crippen LogP contribution in [0.15, 0.2) is 40.2 Å². The summed E-state index contributed by atoms with van der Waals surface area (Å²) in [6.07, 6.45) is -0.297. The highest BCUT2D eigenvalue weighted by atomic mass is 32.1. The van der Waals surface area contributed by atoms with Crippen molar-refractivity contribution in [2.24, 2.45) is 0 Å². The number of carbonyl (C=O) groups is 1. The Kier molecular flexibility index (Phi) is 5.89. The van der Waals surface area contributed by atoms with Crippen LogP contribution in [-0.4, -0.2) is 47.8 Å². The highest BCUT2D eigenvalue weighted by Gasteiger charge is 2.26. The monoisotopic (exact) mass is 412 g/mol. The number of aromatic amines is 1. The third-order valence-corrected chi connectivity index (χ3v) is 4.92. The Bertz CT molecular complexity index is 1010. The van der Waals surface area contributed by atoms with Crippen LogP contribution in [0.25, 0.3) is 11.1 Å². The molecule has 1 aliphatic heterocycles. The SMILES string of the molecule is CC(C)(C)OC(=O)N1CCN(c2cccc(-c3cc(=O)[nH]c(S)c3C#N)c2)CC1. The van der Waals surface area contributed by atoms with E-state index >= 15 is 0 Å². The Morgan fingerprint density at radius 3 is 2.52 bits per heavy atom. The van der Waals surface area contributed by atoms with Crippen LogP contribution in [0.1, 0.15) is 26.3 Å². The lowest BCUT2D eigenvalue weighted by Crippen LogP contribution is -2.50. The third kappa shape index (κ3) is 4.93. The standard InChI is InChI=1S/C21H24N4O3S/c1-21(2,3)28-20(27)25-9-7-24(8-10-25)15-6-4-5-14(11-15)16-12-18(26)23-19(29)17(16)13-22/h4-6,11-12H,7-10H2,1-3H3,(H2,23,26,29). The van der Waals surface area contributed by atoms with Crippen molar-refractivity contribution in [3.63, 3.8) is 0 Å². The lowest BCUT2D eigenvalue weighted by atomic mass is 10.0. The first-order chi connectivity index (χ1) is 13.7. The molecule has 8 heteroatoms. The minimum absolute atomic E-state index is 0.256. The van der Waals surface area contributed by atoms with Gasteiger partial charge in [0, 0.05) is 43.5 Å². The van der Waals surface area contributed by atoms with Gasteiger partial charge in [0.25, 0.3) is 0 Å². The molecule has 1 amide bonds. The minimum Gasteiger partial charge on any atom is -0.444 e. The van der Waals surface area contributed by atoms with E-state index in [1.165, 1.54) is 6.07 Å². The van der Waals surface area contributed by atoms with E-state index in [2.05, 4.69) is 28.6 Å². The van der Waals surface area contributed by atoms with Crippen molar-refractivity contribution >= 4 is 24.4 Å². The Morgan fingerprint density at radius 2 is 1.90 bits per heavy atom. The van der Waals surface area contributed by atoms with Gasteiger partial charge in [-0.15, -0.1) is 12.6 Å². The van der Waals surface area contributed by atoms with Gasteiger partial charge in [-0.3, -0.25) is 4.79 Å². The minimum atomic E-state index is -0.514. The number of piperazine rings is 1. The maximum absolute atomic E-state index is 12.2. The van der Waals surface area contributed by atoms with Crippen LogP contribution in [0.4, 0.5) is 10.5 Å². The molecule has 0 bridgehead atoms. The van der Waals surface area contributed by atoms with Crippen LogP contribution in [-0.2, 0) is 4.74 Å². The zero-order chi connectivity index (χ0) is 21.2. The van der Waals surface area contributed by atoms with Crippen molar-refractivity contribution in [2.45, 2.75) is 31.4 Å². The molecular formula is C21H24N4O3S. The highest BCUT2D eigenvalue weighted by molar-refractivity contribution is 7.80. The number of carbonyl (C=O) groups excluding carboxylic acids is 1. The lowest BCUT2D eigenvalue weighted by Gasteiger charge is -2.36. The van der Waals surface area contributed by atoms with Gasteiger partial charge < -0.3 is 19.5 Å². The fourth-order valence-electron chi connectivity index (χ4n) is 3.23. The smallest absolute Gasteiger partial charge is 0.410 e. The Balaban J connectivity index is 1.78. The number of ether oxygens (including phenoxy) is 1. The van der Waals surface area contributed by atoms with E-state index in [0.717, 1.165) is 11.3 Å². The van der Waals surface area contributed by atoms with Crippen LogP contribution >= 0.6 is 12.6 Å². The summed E-state index contributed by atoms with van der Waals surface area (Å²) in [5.74, 6) is 0. The summed E-state index contributed by atoms with van der Waals surface area (Å²) in [6.45, 7) is 8.03. The molecule has 29 heavy (non-hydrogen) atoms. The number of H-pyrrole nitrogens is 1. The molecule has 3 rings (SSSR count).